The van der Waals surface area contributed by atoms with Crippen LogP contribution < -0.4 is 5.32 Å². The van der Waals surface area contributed by atoms with E-state index < -0.39 is 0 Å². The lowest BCUT2D eigenvalue weighted by molar-refractivity contribution is 0.0934. The molecule has 0 aromatic carbocycles. The van der Waals surface area contributed by atoms with Gasteiger partial charge in [-0.1, -0.05) is 11.6 Å². The second-order valence-corrected chi connectivity index (χ2v) is 5.79. The number of rotatable bonds is 2. The number of aromatic nitrogens is 1. The number of thioether (sulfide) groups is 1. The van der Waals surface area contributed by atoms with E-state index in [1.807, 2.05) is 18.7 Å². The molecule has 1 aromatic heterocycles. The van der Waals surface area contributed by atoms with Crippen LogP contribution >= 0.6 is 23.4 Å². The van der Waals surface area contributed by atoms with Crippen molar-refractivity contribution < 1.29 is 4.79 Å². The van der Waals surface area contributed by atoms with Gasteiger partial charge in [-0.05, 0) is 43.4 Å². The third-order valence-electron chi connectivity index (χ3n) is 2.74. The topological polar surface area (TPSA) is 42.0 Å². The average molecular weight is 271 g/mol. The van der Waals surface area contributed by atoms with Gasteiger partial charge in [0.2, 0.25) is 0 Å². The van der Waals surface area contributed by atoms with Crippen LogP contribution in [0, 0.1) is 6.92 Å². The largest absolute Gasteiger partial charge is 0.349 e. The Morgan fingerprint density at radius 2 is 2.18 bits per heavy atom. The van der Waals surface area contributed by atoms with Crippen LogP contribution in [0.15, 0.2) is 12.1 Å². The van der Waals surface area contributed by atoms with E-state index in [0.717, 1.165) is 30.0 Å². The molecule has 0 unspecified atom stereocenters. The first-order valence-electron chi connectivity index (χ1n) is 5.68. The number of pyridine rings is 1. The standard InChI is InChI=1S/C12H15ClN2OS/c1-8-6-9(7-11(13)14-8)12(16)15-10-2-4-17-5-3-10/h6-7,10H,2-5H2,1H3,(H,15,16). The maximum Gasteiger partial charge on any atom is 0.251 e. The molecular formula is C12H15ClN2OS. The first-order valence-corrected chi connectivity index (χ1v) is 7.21. The van der Waals surface area contributed by atoms with Gasteiger partial charge >= 0.3 is 0 Å². The Kier molecular flexibility index (Phi) is 4.29. The van der Waals surface area contributed by atoms with Gasteiger partial charge in [0.05, 0.1) is 0 Å². The summed E-state index contributed by atoms with van der Waals surface area (Å²) in [5, 5.41) is 3.42. The van der Waals surface area contributed by atoms with E-state index in [-0.39, 0.29) is 5.91 Å². The van der Waals surface area contributed by atoms with Crippen molar-refractivity contribution in [2.24, 2.45) is 0 Å². The number of aryl methyl sites for hydroxylation is 1. The summed E-state index contributed by atoms with van der Waals surface area (Å²) in [6, 6.07) is 3.68. The van der Waals surface area contributed by atoms with Gasteiger partial charge < -0.3 is 5.32 Å². The highest BCUT2D eigenvalue weighted by Gasteiger charge is 2.17. The number of hydrogen-bond acceptors (Lipinski definition) is 3. The van der Waals surface area contributed by atoms with Gasteiger partial charge in [0.25, 0.3) is 5.91 Å². The summed E-state index contributed by atoms with van der Waals surface area (Å²) in [6.45, 7) is 1.83. The molecule has 0 radical (unpaired) electrons. The molecule has 0 spiro atoms. The Morgan fingerprint density at radius 1 is 1.47 bits per heavy atom. The van der Waals surface area contributed by atoms with E-state index >= 15 is 0 Å². The lowest BCUT2D eigenvalue weighted by atomic mass is 10.1. The number of carbonyl (C=O) groups excluding carboxylic acids is 1. The number of hydrogen-bond donors (Lipinski definition) is 1. The minimum absolute atomic E-state index is 0.0469. The molecule has 2 heterocycles. The van der Waals surface area contributed by atoms with Crippen LogP contribution in [-0.2, 0) is 0 Å². The summed E-state index contributed by atoms with van der Waals surface area (Å²) in [7, 11) is 0. The molecule has 1 N–H and O–H groups in total. The summed E-state index contributed by atoms with van der Waals surface area (Å²) in [6.07, 6.45) is 2.10. The van der Waals surface area contributed by atoms with Gasteiger partial charge in [-0.25, -0.2) is 4.98 Å². The summed E-state index contributed by atoms with van der Waals surface area (Å²) >= 11 is 7.79. The van der Waals surface area contributed by atoms with Crippen molar-refractivity contribution in [3.8, 4) is 0 Å². The first kappa shape index (κ1) is 12.7. The molecule has 0 bridgehead atoms. The molecule has 17 heavy (non-hydrogen) atoms. The lowest BCUT2D eigenvalue weighted by Crippen LogP contribution is -2.37. The molecule has 0 aliphatic carbocycles. The zero-order valence-corrected chi connectivity index (χ0v) is 11.3. The van der Waals surface area contributed by atoms with E-state index in [1.54, 1.807) is 12.1 Å². The molecule has 5 heteroatoms. The van der Waals surface area contributed by atoms with E-state index in [4.69, 9.17) is 11.6 Å². The molecule has 1 amide bonds. The van der Waals surface area contributed by atoms with Crippen LogP contribution in [0.3, 0.4) is 0 Å². The molecular weight excluding hydrogens is 256 g/mol. The fourth-order valence-corrected chi connectivity index (χ4v) is 3.23. The Bertz CT molecular complexity index is 399. The van der Waals surface area contributed by atoms with Crippen molar-refractivity contribution in [1.82, 2.24) is 10.3 Å². The number of carbonyl (C=O) groups is 1. The van der Waals surface area contributed by atoms with Gasteiger partial charge in [0.1, 0.15) is 5.15 Å². The van der Waals surface area contributed by atoms with Gasteiger partial charge in [-0.2, -0.15) is 11.8 Å². The van der Waals surface area contributed by atoms with Crippen LogP contribution in [0.2, 0.25) is 5.15 Å². The summed E-state index contributed by atoms with van der Waals surface area (Å²) in [5.41, 5.74) is 1.36. The van der Waals surface area contributed by atoms with Crippen LogP contribution in [-0.4, -0.2) is 28.4 Å². The summed E-state index contributed by atoms with van der Waals surface area (Å²) in [5.74, 6) is 2.21. The van der Waals surface area contributed by atoms with E-state index in [0.29, 0.717) is 16.8 Å². The predicted octanol–water partition coefficient (Wildman–Crippen LogP) is 2.67. The lowest BCUT2D eigenvalue weighted by Gasteiger charge is -2.22. The monoisotopic (exact) mass is 270 g/mol. The van der Waals surface area contributed by atoms with Crippen LogP contribution in [0.5, 0.6) is 0 Å². The third-order valence-corrected chi connectivity index (χ3v) is 3.98. The Hall–Kier alpha value is -0.740. The molecule has 1 fully saturated rings. The Morgan fingerprint density at radius 3 is 2.82 bits per heavy atom. The predicted molar refractivity (Wildman–Crippen MR) is 71.8 cm³/mol. The van der Waals surface area contributed by atoms with Crippen LogP contribution in [0.1, 0.15) is 28.9 Å². The number of halogens is 1. The van der Waals surface area contributed by atoms with Crippen molar-refractivity contribution in [3.05, 3.63) is 28.5 Å². The quantitative estimate of drug-likeness (QED) is 0.840. The number of nitrogens with zero attached hydrogens (tertiary/aromatic N) is 1. The maximum absolute atomic E-state index is 12.0. The van der Waals surface area contributed by atoms with Crippen molar-refractivity contribution >= 4 is 29.3 Å². The molecule has 92 valence electrons. The molecule has 1 saturated heterocycles. The van der Waals surface area contributed by atoms with E-state index in [2.05, 4.69) is 10.3 Å². The highest BCUT2D eigenvalue weighted by atomic mass is 35.5. The molecule has 0 saturated carbocycles. The first-order chi connectivity index (χ1) is 8.15. The molecule has 1 aromatic rings. The minimum Gasteiger partial charge on any atom is -0.349 e. The molecule has 2 rings (SSSR count). The third kappa shape index (κ3) is 3.61. The van der Waals surface area contributed by atoms with E-state index in [1.165, 1.54) is 0 Å². The molecule has 1 aliphatic heterocycles. The smallest absolute Gasteiger partial charge is 0.251 e. The van der Waals surface area contributed by atoms with E-state index in [9.17, 15) is 4.79 Å². The number of nitrogens with one attached hydrogen (secondary N) is 1. The zero-order chi connectivity index (χ0) is 12.3. The number of amides is 1. The molecule has 0 atom stereocenters. The van der Waals surface area contributed by atoms with Gasteiger partial charge in [0.15, 0.2) is 0 Å². The Labute approximate surface area is 110 Å². The zero-order valence-electron chi connectivity index (χ0n) is 9.70. The van der Waals surface area contributed by atoms with Crippen molar-refractivity contribution in [1.29, 1.82) is 0 Å². The SMILES string of the molecule is Cc1cc(C(=O)NC2CCSCC2)cc(Cl)n1. The summed E-state index contributed by atoms with van der Waals surface area (Å²) < 4.78 is 0. The normalized spacial score (nSPS) is 16.8. The van der Waals surface area contributed by atoms with Crippen molar-refractivity contribution in [3.63, 3.8) is 0 Å². The molecule has 3 nitrogen and oxygen atoms in total. The van der Waals surface area contributed by atoms with Crippen molar-refractivity contribution in [2.45, 2.75) is 25.8 Å². The van der Waals surface area contributed by atoms with Crippen LogP contribution in [0.25, 0.3) is 0 Å². The Balaban J connectivity index is 2.03. The van der Waals surface area contributed by atoms with Crippen molar-refractivity contribution in [2.75, 3.05) is 11.5 Å². The fourth-order valence-electron chi connectivity index (χ4n) is 1.87. The second kappa shape index (κ2) is 5.74. The van der Waals surface area contributed by atoms with Gasteiger partial charge in [-0.3, -0.25) is 4.79 Å². The van der Waals surface area contributed by atoms with Gasteiger partial charge in [0, 0.05) is 17.3 Å². The fraction of sp³-hybridized carbons (Fsp3) is 0.500. The highest BCUT2D eigenvalue weighted by molar-refractivity contribution is 7.99. The van der Waals surface area contributed by atoms with Crippen LogP contribution in [0.4, 0.5) is 0 Å². The van der Waals surface area contributed by atoms with Gasteiger partial charge in [-0.15, -0.1) is 0 Å². The average Bonchev–Trinajstić information content (AvgIpc) is 2.29. The highest BCUT2D eigenvalue weighted by Crippen LogP contribution is 2.18. The molecule has 1 aliphatic rings. The minimum atomic E-state index is -0.0469. The second-order valence-electron chi connectivity index (χ2n) is 4.18. The summed E-state index contributed by atoms with van der Waals surface area (Å²) in [4.78, 5) is 16.1. The maximum atomic E-state index is 12.0.